The summed E-state index contributed by atoms with van der Waals surface area (Å²) in [4.78, 5) is 4.69. The molecule has 19 heavy (non-hydrogen) atoms. The van der Waals surface area contributed by atoms with Gasteiger partial charge >= 0.3 is 0 Å². The third-order valence-electron chi connectivity index (χ3n) is 2.93. The lowest BCUT2D eigenvalue weighted by Crippen LogP contribution is -2.14. The van der Waals surface area contributed by atoms with E-state index in [1.54, 1.807) is 24.1 Å². The molecule has 5 heteroatoms. The molecule has 3 rings (SSSR count). The zero-order chi connectivity index (χ0) is 13.2. The second-order valence-corrected chi connectivity index (χ2v) is 5.54. The molecule has 0 aliphatic carbocycles. The lowest BCUT2D eigenvalue weighted by Gasteiger charge is -2.11. The topological polar surface area (TPSA) is 25.4 Å². The van der Waals surface area contributed by atoms with Crippen molar-refractivity contribution < 1.29 is 9.13 Å². The number of aromatic nitrogens is 1. The van der Waals surface area contributed by atoms with E-state index in [1.165, 1.54) is 6.20 Å². The van der Waals surface area contributed by atoms with Crippen molar-refractivity contribution in [1.82, 2.24) is 9.29 Å². The molecule has 0 amide bonds. The van der Waals surface area contributed by atoms with Crippen LogP contribution in [0.3, 0.4) is 0 Å². The Morgan fingerprint density at radius 3 is 3.11 bits per heavy atom. The Bertz CT molecular complexity index is 606. The summed E-state index contributed by atoms with van der Waals surface area (Å²) >= 11 is 1.61. The Morgan fingerprint density at radius 1 is 1.37 bits per heavy atom. The Morgan fingerprint density at radius 2 is 2.26 bits per heavy atom. The first-order valence-electron chi connectivity index (χ1n) is 6.01. The maximum atomic E-state index is 13.7. The van der Waals surface area contributed by atoms with E-state index in [9.17, 15) is 4.39 Å². The van der Waals surface area contributed by atoms with E-state index in [0.717, 1.165) is 22.8 Å². The zero-order valence-electron chi connectivity index (χ0n) is 10.5. The van der Waals surface area contributed by atoms with Crippen LogP contribution in [0.1, 0.15) is 0 Å². The fourth-order valence-electron chi connectivity index (χ4n) is 1.97. The summed E-state index contributed by atoms with van der Waals surface area (Å²) in [6, 6.07) is 9.17. The zero-order valence-corrected chi connectivity index (χ0v) is 11.3. The summed E-state index contributed by atoms with van der Waals surface area (Å²) < 4.78 is 21.5. The molecule has 2 heterocycles. The molecule has 1 aromatic heterocycles. The SMILES string of the molecule is CN1CCOc2ccc(-c3cccnc3F)cc2S1. The maximum Gasteiger partial charge on any atom is 0.220 e. The molecule has 3 nitrogen and oxygen atoms in total. The van der Waals surface area contributed by atoms with Crippen LogP contribution >= 0.6 is 11.9 Å². The van der Waals surface area contributed by atoms with Crippen molar-refractivity contribution in [1.29, 1.82) is 0 Å². The van der Waals surface area contributed by atoms with Gasteiger partial charge in [0.1, 0.15) is 12.4 Å². The third-order valence-corrected chi connectivity index (χ3v) is 3.94. The maximum absolute atomic E-state index is 13.7. The number of likely N-dealkylation sites (N-methyl/N-ethyl adjacent to an activating group) is 1. The largest absolute Gasteiger partial charge is 0.491 e. The Kier molecular flexibility index (Phi) is 3.40. The number of ether oxygens (including phenoxy) is 1. The highest BCUT2D eigenvalue weighted by atomic mass is 32.2. The fourth-order valence-corrected chi connectivity index (χ4v) is 2.86. The summed E-state index contributed by atoms with van der Waals surface area (Å²) in [6.07, 6.45) is 1.45. The van der Waals surface area contributed by atoms with Crippen LogP contribution in [0.25, 0.3) is 11.1 Å². The molecule has 0 fully saturated rings. The average Bonchev–Trinajstić information content (AvgIpc) is 2.59. The number of nitrogens with zero attached hydrogens (tertiary/aromatic N) is 2. The molecule has 0 spiro atoms. The molecule has 1 aliphatic rings. The van der Waals surface area contributed by atoms with Gasteiger partial charge in [0, 0.05) is 18.3 Å². The van der Waals surface area contributed by atoms with Crippen LogP contribution in [0.4, 0.5) is 4.39 Å². The lowest BCUT2D eigenvalue weighted by molar-refractivity contribution is 0.296. The van der Waals surface area contributed by atoms with Crippen molar-refractivity contribution >= 4 is 11.9 Å². The molecule has 98 valence electrons. The van der Waals surface area contributed by atoms with Crippen molar-refractivity contribution in [3.8, 4) is 16.9 Å². The number of fused-ring (bicyclic) bond motifs is 1. The summed E-state index contributed by atoms with van der Waals surface area (Å²) in [5.74, 6) is 0.401. The van der Waals surface area contributed by atoms with E-state index in [1.807, 2.05) is 25.2 Å². The Labute approximate surface area is 115 Å². The minimum Gasteiger partial charge on any atom is -0.491 e. The van der Waals surface area contributed by atoms with Gasteiger partial charge in [-0.3, -0.25) is 0 Å². The fraction of sp³-hybridized carbons (Fsp3) is 0.214. The van der Waals surface area contributed by atoms with Crippen LogP contribution in [0, 0.1) is 5.95 Å². The molecule has 0 radical (unpaired) electrons. The van der Waals surface area contributed by atoms with Gasteiger partial charge in [0.2, 0.25) is 5.95 Å². The van der Waals surface area contributed by atoms with Crippen LogP contribution in [-0.2, 0) is 0 Å². The standard InChI is InChI=1S/C14H13FN2OS/c1-17-7-8-18-12-5-4-10(9-13(12)19-17)11-3-2-6-16-14(11)15/h2-6,9H,7-8H2,1H3. The summed E-state index contributed by atoms with van der Waals surface area (Å²) in [6.45, 7) is 1.52. The number of hydrogen-bond acceptors (Lipinski definition) is 4. The number of benzene rings is 1. The van der Waals surface area contributed by atoms with Crippen molar-refractivity contribution in [3.63, 3.8) is 0 Å². The van der Waals surface area contributed by atoms with Gasteiger partial charge in [-0.05, 0) is 48.8 Å². The van der Waals surface area contributed by atoms with Gasteiger partial charge in [0.15, 0.2) is 0 Å². The van der Waals surface area contributed by atoms with Crippen molar-refractivity contribution in [2.75, 3.05) is 20.2 Å². The second-order valence-electron chi connectivity index (χ2n) is 4.29. The first-order chi connectivity index (χ1) is 9.24. The van der Waals surface area contributed by atoms with E-state index in [0.29, 0.717) is 12.2 Å². The molecule has 1 aliphatic heterocycles. The van der Waals surface area contributed by atoms with Crippen LogP contribution in [0.2, 0.25) is 0 Å². The van der Waals surface area contributed by atoms with Gasteiger partial charge < -0.3 is 4.74 Å². The first-order valence-corrected chi connectivity index (χ1v) is 6.78. The Hall–Kier alpha value is -1.59. The van der Waals surface area contributed by atoms with Crippen LogP contribution in [0.5, 0.6) is 5.75 Å². The van der Waals surface area contributed by atoms with Gasteiger partial charge in [-0.2, -0.15) is 4.39 Å². The van der Waals surface area contributed by atoms with E-state index in [-0.39, 0.29) is 0 Å². The van der Waals surface area contributed by atoms with Crippen LogP contribution in [-0.4, -0.2) is 29.5 Å². The number of halogens is 1. The molecule has 0 atom stereocenters. The van der Waals surface area contributed by atoms with Crippen LogP contribution in [0.15, 0.2) is 41.4 Å². The minimum absolute atomic E-state index is 0.449. The predicted molar refractivity (Wildman–Crippen MR) is 73.6 cm³/mol. The predicted octanol–water partition coefficient (Wildman–Crippen LogP) is 3.22. The summed E-state index contributed by atoms with van der Waals surface area (Å²) in [7, 11) is 2.01. The highest BCUT2D eigenvalue weighted by molar-refractivity contribution is 7.97. The number of rotatable bonds is 1. The van der Waals surface area contributed by atoms with Gasteiger partial charge in [-0.25, -0.2) is 9.29 Å². The highest BCUT2D eigenvalue weighted by Gasteiger charge is 2.15. The average molecular weight is 276 g/mol. The molecule has 0 N–H and O–H groups in total. The molecule has 0 saturated carbocycles. The highest BCUT2D eigenvalue weighted by Crippen LogP contribution is 2.36. The van der Waals surface area contributed by atoms with Crippen molar-refractivity contribution in [2.24, 2.45) is 0 Å². The molecular formula is C14H13FN2OS. The van der Waals surface area contributed by atoms with Crippen molar-refractivity contribution in [3.05, 3.63) is 42.5 Å². The second kappa shape index (κ2) is 5.19. The third kappa shape index (κ3) is 2.57. The molecule has 2 aromatic rings. The molecule has 0 unspecified atom stereocenters. The molecule has 0 saturated heterocycles. The van der Waals surface area contributed by atoms with Gasteiger partial charge in [0.05, 0.1) is 4.90 Å². The minimum atomic E-state index is -0.449. The monoisotopic (exact) mass is 276 g/mol. The van der Waals surface area contributed by atoms with E-state index in [4.69, 9.17) is 4.74 Å². The number of hydrogen-bond donors (Lipinski definition) is 0. The molecule has 0 bridgehead atoms. The van der Waals surface area contributed by atoms with Gasteiger partial charge in [0.25, 0.3) is 0 Å². The van der Waals surface area contributed by atoms with E-state index in [2.05, 4.69) is 9.29 Å². The first kappa shape index (κ1) is 12.4. The smallest absolute Gasteiger partial charge is 0.220 e. The van der Waals surface area contributed by atoms with Gasteiger partial charge in [-0.1, -0.05) is 6.07 Å². The summed E-state index contributed by atoms with van der Waals surface area (Å²) in [5, 5.41) is 0. The van der Waals surface area contributed by atoms with Crippen LogP contribution < -0.4 is 4.74 Å². The molecular weight excluding hydrogens is 263 g/mol. The normalized spacial score (nSPS) is 15.5. The quantitative estimate of drug-likeness (QED) is 0.590. The van der Waals surface area contributed by atoms with E-state index >= 15 is 0 Å². The van der Waals surface area contributed by atoms with E-state index < -0.39 is 5.95 Å². The lowest BCUT2D eigenvalue weighted by atomic mass is 10.1. The molecule has 1 aromatic carbocycles. The Balaban J connectivity index is 2.04. The number of pyridine rings is 1. The van der Waals surface area contributed by atoms with Crippen molar-refractivity contribution in [2.45, 2.75) is 4.90 Å². The summed E-state index contributed by atoms with van der Waals surface area (Å²) in [5.41, 5.74) is 1.33. The van der Waals surface area contributed by atoms with Gasteiger partial charge in [-0.15, -0.1) is 0 Å².